The summed E-state index contributed by atoms with van der Waals surface area (Å²) < 4.78 is 0. The van der Waals surface area contributed by atoms with Gasteiger partial charge in [-0.1, -0.05) is 30.3 Å². The number of hydrogen-bond donors (Lipinski definition) is 1. The van der Waals surface area contributed by atoms with E-state index in [1.807, 2.05) is 23.1 Å². The second-order valence-electron chi connectivity index (χ2n) is 5.64. The fourth-order valence-corrected chi connectivity index (χ4v) is 2.83. The summed E-state index contributed by atoms with van der Waals surface area (Å²) in [7, 11) is 0. The molecule has 2 aliphatic rings. The Labute approximate surface area is 107 Å². The predicted octanol–water partition coefficient (Wildman–Crippen LogP) is 2.12. The average Bonchev–Trinajstić information content (AvgIpc) is 3.18. The van der Waals surface area contributed by atoms with Crippen molar-refractivity contribution >= 4 is 5.91 Å². The average molecular weight is 245 g/mol. The quantitative estimate of drug-likeness (QED) is 0.867. The van der Waals surface area contributed by atoms with Gasteiger partial charge in [0.2, 0.25) is 0 Å². The summed E-state index contributed by atoms with van der Waals surface area (Å²) in [6.45, 7) is 1.62. The van der Waals surface area contributed by atoms with Crippen molar-refractivity contribution in [2.45, 2.75) is 31.8 Å². The van der Waals surface area contributed by atoms with E-state index in [0.717, 1.165) is 25.9 Å². The number of nitrogens with zero attached hydrogens (tertiary/aromatic N) is 1. The van der Waals surface area contributed by atoms with Crippen molar-refractivity contribution in [3.63, 3.8) is 0 Å². The molecule has 1 amide bonds. The van der Waals surface area contributed by atoms with E-state index in [-0.39, 0.29) is 5.91 Å². The van der Waals surface area contributed by atoms with Gasteiger partial charge in [0.25, 0.3) is 5.91 Å². The van der Waals surface area contributed by atoms with Crippen LogP contribution in [0.5, 0.6) is 0 Å². The van der Waals surface area contributed by atoms with Gasteiger partial charge in [-0.05, 0) is 36.7 Å². The lowest BCUT2D eigenvalue weighted by Crippen LogP contribution is -2.41. The maximum atomic E-state index is 12.2. The summed E-state index contributed by atoms with van der Waals surface area (Å²) in [6.07, 6.45) is 3.88. The summed E-state index contributed by atoms with van der Waals surface area (Å²) in [5.74, 6) is -0.142. The number of carbonyl (C=O) groups excluding carboxylic acids is 1. The van der Waals surface area contributed by atoms with E-state index >= 15 is 0 Å². The summed E-state index contributed by atoms with van der Waals surface area (Å²) in [6, 6.07) is 9.19. The molecule has 18 heavy (non-hydrogen) atoms. The number of likely N-dealkylation sites (tertiary alicyclic amines) is 1. The Bertz CT molecular complexity index is 429. The first-order chi connectivity index (χ1) is 8.70. The summed E-state index contributed by atoms with van der Waals surface area (Å²) in [4.78, 5) is 14.0. The lowest BCUT2D eigenvalue weighted by atomic mass is 9.93. The van der Waals surface area contributed by atoms with Crippen molar-refractivity contribution in [1.29, 1.82) is 0 Å². The third kappa shape index (κ3) is 2.15. The number of amides is 1. The maximum Gasteiger partial charge on any atom is 0.256 e. The molecule has 1 spiro atoms. The molecule has 0 radical (unpaired) electrons. The van der Waals surface area contributed by atoms with Gasteiger partial charge >= 0.3 is 0 Å². The normalized spacial score (nSPS) is 22.8. The first-order valence-electron chi connectivity index (χ1n) is 6.72. The van der Waals surface area contributed by atoms with Crippen LogP contribution >= 0.6 is 0 Å². The number of carbonyl (C=O) groups is 1. The van der Waals surface area contributed by atoms with Crippen LogP contribution in [0, 0.1) is 5.41 Å². The van der Waals surface area contributed by atoms with Gasteiger partial charge in [0, 0.05) is 13.1 Å². The highest BCUT2D eigenvalue weighted by Crippen LogP contribution is 2.53. The molecular formula is C15H19NO2. The van der Waals surface area contributed by atoms with Crippen molar-refractivity contribution in [2.24, 2.45) is 5.41 Å². The second kappa shape index (κ2) is 4.39. The van der Waals surface area contributed by atoms with Crippen molar-refractivity contribution in [1.82, 2.24) is 4.90 Å². The van der Waals surface area contributed by atoms with Crippen molar-refractivity contribution < 1.29 is 9.90 Å². The van der Waals surface area contributed by atoms with E-state index in [0.29, 0.717) is 11.0 Å². The van der Waals surface area contributed by atoms with Crippen LogP contribution in [0.3, 0.4) is 0 Å². The smallest absolute Gasteiger partial charge is 0.256 e. The number of aliphatic hydroxyl groups is 1. The van der Waals surface area contributed by atoms with Crippen LogP contribution in [0.15, 0.2) is 30.3 Å². The Balaban J connectivity index is 1.64. The molecule has 1 aromatic rings. The molecule has 1 heterocycles. The Hall–Kier alpha value is -1.35. The zero-order valence-electron chi connectivity index (χ0n) is 10.5. The van der Waals surface area contributed by atoms with Crippen LogP contribution in [0.4, 0.5) is 0 Å². The molecular weight excluding hydrogens is 226 g/mol. The fourth-order valence-electron chi connectivity index (χ4n) is 2.83. The number of piperidine rings is 1. The summed E-state index contributed by atoms with van der Waals surface area (Å²) in [5, 5.41) is 10.1. The van der Waals surface area contributed by atoms with E-state index in [2.05, 4.69) is 0 Å². The lowest BCUT2D eigenvalue weighted by molar-refractivity contribution is -0.142. The highest BCUT2D eigenvalue weighted by atomic mass is 16.3. The fraction of sp³-hybridized carbons (Fsp3) is 0.533. The molecule has 1 unspecified atom stereocenters. The Morgan fingerprint density at radius 2 is 1.72 bits per heavy atom. The van der Waals surface area contributed by atoms with Gasteiger partial charge in [-0.2, -0.15) is 0 Å². The SMILES string of the molecule is O=C(C(O)c1ccccc1)N1CCC2(CC1)CC2. The van der Waals surface area contributed by atoms with Gasteiger partial charge in [0.1, 0.15) is 0 Å². The molecule has 3 rings (SSSR count). The highest BCUT2D eigenvalue weighted by Gasteiger charge is 2.45. The topological polar surface area (TPSA) is 40.5 Å². The van der Waals surface area contributed by atoms with Gasteiger partial charge < -0.3 is 10.0 Å². The zero-order valence-corrected chi connectivity index (χ0v) is 10.5. The Morgan fingerprint density at radius 3 is 2.28 bits per heavy atom. The highest BCUT2D eigenvalue weighted by molar-refractivity contribution is 5.82. The molecule has 3 heteroatoms. The van der Waals surface area contributed by atoms with E-state index in [4.69, 9.17) is 0 Å². The van der Waals surface area contributed by atoms with Crippen LogP contribution in [0.25, 0.3) is 0 Å². The zero-order chi connectivity index (χ0) is 12.6. The molecule has 1 aliphatic carbocycles. The van der Waals surface area contributed by atoms with Crippen LogP contribution in [0.1, 0.15) is 37.4 Å². The van der Waals surface area contributed by atoms with Gasteiger partial charge in [0.05, 0.1) is 0 Å². The van der Waals surface area contributed by atoms with Crippen molar-refractivity contribution in [2.75, 3.05) is 13.1 Å². The second-order valence-corrected chi connectivity index (χ2v) is 5.64. The van der Waals surface area contributed by atoms with Crippen LogP contribution in [-0.2, 0) is 4.79 Å². The molecule has 2 fully saturated rings. The minimum atomic E-state index is -1.00. The van der Waals surface area contributed by atoms with Crippen LogP contribution in [0.2, 0.25) is 0 Å². The van der Waals surface area contributed by atoms with Crippen molar-refractivity contribution in [3.8, 4) is 0 Å². The molecule has 1 aliphatic heterocycles. The molecule has 1 N–H and O–H groups in total. The number of benzene rings is 1. The van der Waals surface area contributed by atoms with Crippen molar-refractivity contribution in [3.05, 3.63) is 35.9 Å². The van der Waals surface area contributed by atoms with Gasteiger partial charge in [0.15, 0.2) is 6.10 Å². The lowest BCUT2D eigenvalue weighted by Gasteiger charge is -2.33. The minimum Gasteiger partial charge on any atom is -0.378 e. The first-order valence-corrected chi connectivity index (χ1v) is 6.72. The number of hydrogen-bond acceptors (Lipinski definition) is 2. The van der Waals surface area contributed by atoms with E-state index in [1.165, 1.54) is 12.8 Å². The van der Waals surface area contributed by atoms with E-state index < -0.39 is 6.10 Å². The van der Waals surface area contributed by atoms with Gasteiger partial charge in [-0.15, -0.1) is 0 Å². The maximum absolute atomic E-state index is 12.2. The third-order valence-corrected chi connectivity index (χ3v) is 4.44. The third-order valence-electron chi connectivity index (χ3n) is 4.44. The van der Waals surface area contributed by atoms with E-state index in [9.17, 15) is 9.90 Å². The molecule has 1 aromatic carbocycles. The molecule has 3 nitrogen and oxygen atoms in total. The molecule has 1 saturated heterocycles. The molecule has 96 valence electrons. The Morgan fingerprint density at radius 1 is 1.11 bits per heavy atom. The Kier molecular flexibility index (Phi) is 2.86. The molecule has 0 aromatic heterocycles. The van der Waals surface area contributed by atoms with Crippen LogP contribution < -0.4 is 0 Å². The summed E-state index contributed by atoms with van der Waals surface area (Å²) >= 11 is 0. The molecule has 1 saturated carbocycles. The minimum absolute atomic E-state index is 0.142. The number of rotatable bonds is 2. The van der Waals surface area contributed by atoms with Gasteiger partial charge in [-0.3, -0.25) is 4.79 Å². The first kappa shape index (κ1) is 11.7. The molecule has 0 bridgehead atoms. The molecule has 1 atom stereocenters. The largest absolute Gasteiger partial charge is 0.378 e. The predicted molar refractivity (Wildman–Crippen MR) is 68.9 cm³/mol. The monoisotopic (exact) mass is 245 g/mol. The van der Waals surface area contributed by atoms with Crippen LogP contribution in [-0.4, -0.2) is 29.0 Å². The van der Waals surface area contributed by atoms with E-state index in [1.54, 1.807) is 12.1 Å². The number of aliphatic hydroxyl groups excluding tert-OH is 1. The standard InChI is InChI=1S/C15H19NO2/c17-13(12-4-2-1-3-5-12)14(18)16-10-8-15(6-7-15)9-11-16/h1-5,13,17H,6-11H2. The summed E-state index contributed by atoms with van der Waals surface area (Å²) in [5.41, 5.74) is 1.25. The van der Waals surface area contributed by atoms with Gasteiger partial charge in [-0.25, -0.2) is 0 Å².